The van der Waals surface area contributed by atoms with Gasteiger partial charge in [-0.25, -0.2) is 0 Å². The van der Waals surface area contributed by atoms with Crippen LogP contribution in [0.4, 0.5) is 0 Å². The van der Waals surface area contributed by atoms with Crippen LogP contribution in [-0.4, -0.2) is 64.1 Å². The van der Waals surface area contributed by atoms with E-state index in [2.05, 4.69) is 5.32 Å². The van der Waals surface area contributed by atoms with Gasteiger partial charge in [-0.15, -0.1) is 0 Å². The highest BCUT2D eigenvalue weighted by Gasteiger charge is 2.47. The van der Waals surface area contributed by atoms with Crippen LogP contribution in [0.25, 0.3) is 0 Å². The average molecular weight is 289 g/mol. The van der Waals surface area contributed by atoms with Gasteiger partial charge in [0.15, 0.2) is 12.4 Å². The molecular weight excluding hydrogens is 270 g/mol. The monoisotopic (exact) mass is 289 g/mol. The molecular formula is C12H19NO7. The Labute approximate surface area is 115 Å². The largest absolute Gasteiger partial charge is 0.511 e. The molecule has 0 aromatic heterocycles. The van der Waals surface area contributed by atoms with E-state index in [9.17, 15) is 25.2 Å². The summed E-state index contributed by atoms with van der Waals surface area (Å²) in [7, 11) is 1.25. The van der Waals surface area contributed by atoms with Gasteiger partial charge in [0.05, 0.1) is 5.70 Å². The van der Waals surface area contributed by atoms with Crippen LogP contribution in [0.2, 0.25) is 0 Å². The molecule has 8 heteroatoms. The molecule has 0 spiro atoms. The molecule has 114 valence electrons. The van der Waals surface area contributed by atoms with Crippen LogP contribution in [0, 0.1) is 0 Å². The number of amides is 1. The smallest absolute Gasteiger partial charge is 0.256 e. The number of allylic oxidation sites excluding steroid dienone is 2. The van der Waals surface area contributed by atoms with Crippen molar-refractivity contribution in [1.82, 2.24) is 5.32 Å². The van der Waals surface area contributed by atoms with Crippen LogP contribution in [0.15, 0.2) is 11.5 Å². The predicted octanol–water partition coefficient (Wildman–Crippen LogP) is -1.49. The first-order chi connectivity index (χ1) is 9.45. The number of hydrogen-bond acceptors (Lipinski definition) is 7. The minimum absolute atomic E-state index is 0.104. The third-order valence-corrected chi connectivity index (χ3v) is 3.52. The van der Waals surface area contributed by atoms with Gasteiger partial charge in [0, 0.05) is 13.5 Å². The summed E-state index contributed by atoms with van der Waals surface area (Å²) in [6.45, 7) is 0. The maximum atomic E-state index is 12.0. The highest BCUT2D eigenvalue weighted by atomic mass is 16.7. The number of aliphatic hydroxyl groups excluding tert-OH is 4. The summed E-state index contributed by atoms with van der Waals surface area (Å²) in [5.41, 5.74) is 0.389. The van der Waals surface area contributed by atoms with Crippen LogP contribution in [-0.2, 0) is 14.3 Å². The van der Waals surface area contributed by atoms with Crippen LogP contribution >= 0.6 is 0 Å². The Kier molecular flexibility index (Phi) is 4.61. The molecule has 2 aliphatic rings. The normalized spacial score (nSPS) is 38.1. The number of nitrogens with one attached hydrogen (secondary N) is 1. The number of aliphatic hydroxyl groups is 4. The van der Waals surface area contributed by atoms with Crippen molar-refractivity contribution < 1.29 is 34.7 Å². The van der Waals surface area contributed by atoms with Crippen molar-refractivity contribution in [3.63, 3.8) is 0 Å². The first-order valence-corrected chi connectivity index (χ1v) is 6.40. The van der Waals surface area contributed by atoms with E-state index in [1.807, 2.05) is 0 Å². The molecule has 0 aromatic rings. The molecule has 20 heavy (non-hydrogen) atoms. The zero-order valence-electron chi connectivity index (χ0n) is 11.0. The Morgan fingerprint density at radius 2 is 1.95 bits per heavy atom. The van der Waals surface area contributed by atoms with Crippen molar-refractivity contribution in [2.45, 2.75) is 50.0 Å². The number of carbonyl (C=O) groups excluding carboxylic acids is 1. The van der Waals surface area contributed by atoms with Crippen molar-refractivity contribution in [3.8, 4) is 0 Å². The lowest BCUT2D eigenvalue weighted by Crippen LogP contribution is -2.61. The van der Waals surface area contributed by atoms with Crippen molar-refractivity contribution in [3.05, 3.63) is 11.5 Å². The summed E-state index contributed by atoms with van der Waals surface area (Å²) < 4.78 is 9.95. The lowest BCUT2D eigenvalue weighted by atomic mass is 9.98. The predicted molar refractivity (Wildman–Crippen MR) is 65.3 cm³/mol. The molecule has 8 nitrogen and oxygen atoms in total. The molecule has 0 bridgehead atoms. The Morgan fingerprint density at radius 3 is 2.50 bits per heavy atom. The summed E-state index contributed by atoms with van der Waals surface area (Å²) in [6.07, 6.45) is -5.44. The van der Waals surface area contributed by atoms with Crippen molar-refractivity contribution >= 4 is 5.91 Å². The molecule has 0 radical (unpaired) electrons. The fourth-order valence-corrected chi connectivity index (χ4v) is 2.34. The third-order valence-electron chi connectivity index (χ3n) is 3.52. The van der Waals surface area contributed by atoms with E-state index in [1.54, 1.807) is 0 Å². The molecule has 1 aliphatic heterocycles. The lowest BCUT2D eigenvalue weighted by Gasteiger charge is -2.38. The maximum Gasteiger partial charge on any atom is 0.256 e. The SMILES string of the molecule is CO[C@@H]1O[C@H](C(=O)NC2=C(O)CCC2)[C@H](O)[C@H](O)[C@H]1O. The lowest BCUT2D eigenvalue weighted by molar-refractivity contribution is -0.283. The summed E-state index contributed by atoms with van der Waals surface area (Å²) >= 11 is 0. The van der Waals surface area contributed by atoms with Gasteiger partial charge >= 0.3 is 0 Å². The molecule has 2 rings (SSSR count). The van der Waals surface area contributed by atoms with E-state index in [1.165, 1.54) is 7.11 Å². The van der Waals surface area contributed by atoms with Crippen LogP contribution in [0.3, 0.4) is 0 Å². The van der Waals surface area contributed by atoms with Gasteiger partial charge in [-0.1, -0.05) is 0 Å². The van der Waals surface area contributed by atoms with Crippen molar-refractivity contribution in [2.24, 2.45) is 0 Å². The molecule has 0 aromatic carbocycles. The second kappa shape index (κ2) is 6.06. The quantitative estimate of drug-likeness (QED) is 0.428. The summed E-state index contributed by atoms with van der Waals surface area (Å²) in [6, 6.07) is 0. The Morgan fingerprint density at radius 1 is 1.25 bits per heavy atom. The van der Waals surface area contributed by atoms with E-state index >= 15 is 0 Å². The summed E-state index contributed by atoms with van der Waals surface area (Å²) in [4.78, 5) is 12.0. The molecule has 1 heterocycles. The fourth-order valence-electron chi connectivity index (χ4n) is 2.34. The van der Waals surface area contributed by atoms with E-state index < -0.39 is 36.6 Å². The van der Waals surface area contributed by atoms with Gasteiger partial charge in [0.1, 0.15) is 24.1 Å². The second-order valence-corrected chi connectivity index (χ2v) is 4.90. The Balaban J connectivity index is 2.06. The first kappa shape index (κ1) is 15.2. The van der Waals surface area contributed by atoms with Crippen molar-refractivity contribution in [2.75, 3.05) is 7.11 Å². The van der Waals surface area contributed by atoms with Gasteiger partial charge < -0.3 is 35.2 Å². The number of rotatable bonds is 3. The molecule has 1 saturated heterocycles. The van der Waals surface area contributed by atoms with Gasteiger partial charge in [0.25, 0.3) is 5.91 Å². The van der Waals surface area contributed by atoms with Gasteiger partial charge in [-0.2, -0.15) is 0 Å². The number of carbonyl (C=O) groups is 1. The molecule has 0 saturated carbocycles. The molecule has 1 amide bonds. The number of ether oxygens (including phenoxy) is 2. The van der Waals surface area contributed by atoms with Gasteiger partial charge in [-0.05, 0) is 12.8 Å². The number of hydrogen-bond donors (Lipinski definition) is 5. The van der Waals surface area contributed by atoms with E-state index in [0.29, 0.717) is 18.5 Å². The zero-order chi connectivity index (χ0) is 14.9. The second-order valence-electron chi connectivity index (χ2n) is 4.90. The third kappa shape index (κ3) is 2.79. The highest BCUT2D eigenvalue weighted by Crippen LogP contribution is 2.24. The summed E-state index contributed by atoms with van der Waals surface area (Å²) in [5, 5.41) is 41.1. The highest BCUT2D eigenvalue weighted by molar-refractivity contribution is 5.83. The molecule has 5 N–H and O–H groups in total. The summed E-state index contributed by atoms with van der Waals surface area (Å²) in [5.74, 6) is -0.596. The van der Waals surface area contributed by atoms with Crippen LogP contribution < -0.4 is 5.32 Å². The molecule has 1 fully saturated rings. The van der Waals surface area contributed by atoms with Gasteiger partial charge in [-0.3, -0.25) is 4.79 Å². The topological polar surface area (TPSA) is 128 Å². The minimum atomic E-state index is -1.58. The molecule has 0 unspecified atom stereocenters. The number of methoxy groups -OCH3 is 1. The zero-order valence-corrected chi connectivity index (χ0v) is 11.0. The van der Waals surface area contributed by atoms with Crippen LogP contribution in [0.1, 0.15) is 19.3 Å². The maximum absolute atomic E-state index is 12.0. The molecule has 5 atom stereocenters. The fraction of sp³-hybridized carbons (Fsp3) is 0.750. The van der Waals surface area contributed by atoms with Crippen molar-refractivity contribution in [1.29, 1.82) is 0 Å². The Hall–Kier alpha value is -1.19. The molecule has 1 aliphatic carbocycles. The standard InChI is InChI=1S/C12H19NO7/c1-19-12-9(17)7(15)8(16)10(20-12)11(18)13-5-3-2-4-6(5)14/h7-10,12,14-17H,2-4H2,1H3,(H,13,18)/t7-,8+,9+,10-,12+/m0/s1. The average Bonchev–Trinajstić information content (AvgIpc) is 2.82. The van der Waals surface area contributed by atoms with Crippen LogP contribution in [0.5, 0.6) is 0 Å². The Bertz CT molecular complexity index is 409. The van der Waals surface area contributed by atoms with Gasteiger partial charge in [0.2, 0.25) is 0 Å². The van der Waals surface area contributed by atoms with E-state index in [-0.39, 0.29) is 5.76 Å². The van der Waals surface area contributed by atoms with E-state index in [4.69, 9.17) is 9.47 Å². The van der Waals surface area contributed by atoms with E-state index in [0.717, 1.165) is 6.42 Å². The first-order valence-electron chi connectivity index (χ1n) is 6.40. The minimum Gasteiger partial charge on any atom is -0.511 e.